The number of pyridine rings is 1. The topological polar surface area (TPSA) is 88.8 Å². The van der Waals surface area contributed by atoms with Crippen LogP contribution in [0.5, 0.6) is 0 Å². The number of piperidine rings is 1. The Hall–Kier alpha value is -3.13. The smallest absolute Gasteiger partial charge is 0.261 e. The lowest BCUT2D eigenvalue weighted by Crippen LogP contribution is -2.44. The third kappa shape index (κ3) is 5.98. The van der Waals surface area contributed by atoms with E-state index >= 15 is 0 Å². The molecule has 2 amide bonds. The van der Waals surface area contributed by atoms with Gasteiger partial charge in [0.25, 0.3) is 11.5 Å². The molecule has 8 nitrogen and oxygen atoms in total. The number of hydrogen-bond donors (Lipinski definition) is 2. The van der Waals surface area contributed by atoms with Crippen molar-refractivity contribution in [1.29, 1.82) is 0 Å². The first-order valence-corrected chi connectivity index (χ1v) is 13.2. The van der Waals surface area contributed by atoms with Gasteiger partial charge in [0.2, 0.25) is 5.91 Å². The number of likely N-dealkylation sites (tertiary alicyclic amines) is 1. The first kappa shape index (κ1) is 25.9. The van der Waals surface area contributed by atoms with Crippen LogP contribution in [0.15, 0.2) is 35.1 Å². The summed E-state index contributed by atoms with van der Waals surface area (Å²) in [5, 5.41) is 2.89. The standard InChI is InChI=1S/C28H39N5O3/c1-4-33(5-2)28(36)22-9-7-15-32(18-22)19-23-11-12-24(27(35)30-23)26(34)29-17-20-10-13-25-21(16-20)8-6-14-31(25)3/h10-13,16,22H,4-9,14-15,17-19H2,1-3H3,(H,29,34)(H,30,35). The molecule has 0 radical (unpaired) electrons. The van der Waals surface area contributed by atoms with Crippen LogP contribution in [-0.2, 0) is 24.3 Å². The zero-order valence-electron chi connectivity index (χ0n) is 21.8. The monoisotopic (exact) mass is 493 g/mol. The summed E-state index contributed by atoms with van der Waals surface area (Å²) < 4.78 is 0. The van der Waals surface area contributed by atoms with E-state index in [0.717, 1.165) is 63.1 Å². The van der Waals surface area contributed by atoms with Gasteiger partial charge in [0.15, 0.2) is 0 Å². The molecular formula is C28H39N5O3. The number of nitrogens with zero attached hydrogens (tertiary/aromatic N) is 3. The Morgan fingerprint density at radius 1 is 1.11 bits per heavy atom. The predicted molar refractivity (Wildman–Crippen MR) is 142 cm³/mol. The van der Waals surface area contributed by atoms with Crippen LogP contribution in [0.4, 0.5) is 5.69 Å². The number of fused-ring (bicyclic) bond motifs is 1. The minimum atomic E-state index is -0.384. The van der Waals surface area contributed by atoms with Gasteiger partial charge in [-0.1, -0.05) is 12.1 Å². The van der Waals surface area contributed by atoms with Crippen LogP contribution in [0.2, 0.25) is 0 Å². The average Bonchev–Trinajstić information content (AvgIpc) is 2.88. The van der Waals surface area contributed by atoms with Gasteiger partial charge in [0.1, 0.15) is 5.56 Å². The van der Waals surface area contributed by atoms with Gasteiger partial charge in [-0.2, -0.15) is 0 Å². The van der Waals surface area contributed by atoms with Gasteiger partial charge >= 0.3 is 0 Å². The van der Waals surface area contributed by atoms with Crippen molar-refractivity contribution in [1.82, 2.24) is 20.1 Å². The SMILES string of the molecule is CCN(CC)C(=O)C1CCCN(Cc2ccc(C(=O)NCc3ccc4c(c3)CCCN4C)c(=O)[nH]2)C1. The molecule has 1 fully saturated rings. The first-order valence-electron chi connectivity index (χ1n) is 13.2. The maximum atomic E-state index is 12.8. The number of benzene rings is 1. The third-order valence-electron chi connectivity index (χ3n) is 7.49. The fraction of sp³-hybridized carbons (Fsp3) is 0.536. The summed E-state index contributed by atoms with van der Waals surface area (Å²) in [7, 11) is 2.10. The van der Waals surface area contributed by atoms with Crippen LogP contribution in [0.1, 0.15) is 60.3 Å². The zero-order chi connectivity index (χ0) is 25.7. The van der Waals surface area contributed by atoms with E-state index in [9.17, 15) is 14.4 Å². The Balaban J connectivity index is 1.34. The summed E-state index contributed by atoms with van der Waals surface area (Å²) in [5.74, 6) is -0.156. The van der Waals surface area contributed by atoms with Crippen LogP contribution in [0, 0.1) is 5.92 Å². The third-order valence-corrected chi connectivity index (χ3v) is 7.49. The normalized spacial score (nSPS) is 18.0. The molecule has 3 heterocycles. The highest BCUT2D eigenvalue weighted by Gasteiger charge is 2.28. The summed E-state index contributed by atoms with van der Waals surface area (Å²) in [4.78, 5) is 47.5. The van der Waals surface area contributed by atoms with Crippen LogP contribution in [-0.4, -0.2) is 66.4 Å². The van der Waals surface area contributed by atoms with Crippen molar-refractivity contribution in [3.63, 3.8) is 0 Å². The zero-order valence-corrected chi connectivity index (χ0v) is 21.8. The molecule has 8 heteroatoms. The molecule has 2 aliphatic rings. The average molecular weight is 494 g/mol. The van der Waals surface area contributed by atoms with Crippen LogP contribution in [0.25, 0.3) is 0 Å². The van der Waals surface area contributed by atoms with Crippen molar-refractivity contribution in [2.75, 3.05) is 44.7 Å². The van der Waals surface area contributed by atoms with Crippen molar-refractivity contribution in [3.05, 3.63) is 63.1 Å². The van der Waals surface area contributed by atoms with E-state index in [1.54, 1.807) is 12.1 Å². The van der Waals surface area contributed by atoms with Gasteiger partial charge in [-0.05, 0) is 75.4 Å². The molecule has 0 spiro atoms. The minimum absolute atomic E-state index is 0.000540. The quantitative estimate of drug-likeness (QED) is 0.590. The highest BCUT2D eigenvalue weighted by Crippen LogP contribution is 2.26. The number of H-pyrrole nitrogens is 1. The Kier molecular flexibility index (Phi) is 8.46. The van der Waals surface area contributed by atoms with Crippen molar-refractivity contribution < 1.29 is 9.59 Å². The lowest BCUT2D eigenvalue weighted by molar-refractivity contribution is -0.137. The van der Waals surface area contributed by atoms with Crippen molar-refractivity contribution >= 4 is 17.5 Å². The van der Waals surface area contributed by atoms with E-state index in [-0.39, 0.29) is 28.9 Å². The van der Waals surface area contributed by atoms with E-state index in [1.165, 1.54) is 11.3 Å². The number of nitrogens with one attached hydrogen (secondary N) is 2. The van der Waals surface area contributed by atoms with Gasteiger partial charge in [0, 0.05) is 57.7 Å². The number of aromatic nitrogens is 1. The van der Waals surface area contributed by atoms with Gasteiger partial charge in [-0.3, -0.25) is 19.3 Å². The molecule has 1 aromatic carbocycles. The van der Waals surface area contributed by atoms with E-state index in [1.807, 2.05) is 24.8 Å². The molecule has 0 saturated carbocycles. The molecule has 36 heavy (non-hydrogen) atoms. The Morgan fingerprint density at radius 2 is 1.92 bits per heavy atom. The second-order valence-electron chi connectivity index (χ2n) is 9.98. The van der Waals surface area contributed by atoms with Gasteiger partial charge in [-0.25, -0.2) is 0 Å². The molecule has 2 aromatic rings. The second-order valence-corrected chi connectivity index (χ2v) is 9.98. The van der Waals surface area contributed by atoms with Crippen molar-refractivity contribution in [2.45, 2.75) is 52.6 Å². The van der Waals surface area contributed by atoms with E-state index in [0.29, 0.717) is 19.6 Å². The molecular weight excluding hydrogens is 454 g/mol. The molecule has 0 aliphatic carbocycles. The number of aromatic amines is 1. The van der Waals surface area contributed by atoms with E-state index < -0.39 is 0 Å². The molecule has 1 unspecified atom stereocenters. The van der Waals surface area contributed by atoms with E-state index in [2.05, 4.69) is 39.3 Å². The molecule has 1 atom stereocenters. The summed E-state index contributed by atoms with van der Waals surface area (Å²) in [5.41, 5.74) is 4.07. The van der Waals surface area contributed by atoms with Crippen LogP contribution >= 0.6 is 0 Å². The Labute approximate surface area is 213 Å². The lowest BCUT2D eigenvalue weighted by atomic mass is 9.96. The maximum Gasteiger partial charge on any atom is 0.261 e. The molecule has 2 aliphatic heterocycles. The highest BCUT2D eigenvalue weighted by molar-refractivity contribution is 5.93. The number of anilines is 1. The van der Waals surface area contributed by atoms with Crippen molar-refractivity contribution in [2.24, 2.45) is 5.92 Å². The minimum Gasteiger partial charge on any atom is -0.374 e. The fourth-order valence-corrected chi connectivity index (χ4v) is 5.45. The Morgan fingerprint density at radius 3 is 2.67 bits per heavy atom. The van der Waals surface area contributed by atoms with E-state index in [4.69, 9.17) is 0 Å². The number of amides is 2. The Bertz CT molecular complexity index is 1140. The van der Waals surface area contributed by atoms with Gasteiger partial charge < -0.3 is 20.1 Å². The number of hydrogen-bond acceptors (Lipinski definition) is 5. The van der Waals surface area contributed by atoms with Crippen LogP contribution in [0.3, 0.4) is 0 Å². The molecule has 1 saturated heterocycles. The first-order chi connectivity index (χ1) is 17.4. The molecule has 194 valence electrons. The summed E-state index contributed by atoms with van der Waals surface area (Å²) >= 11 is 0. The predicted octanol–water partition coefficient (Wildman–Crippen LogP) is 2.77. The van der Waals surface area contributed by atoms with Crippen LogP contribution < -0.4 is 15.8 Å². The number of rotatable bonds is 8. The maximum absolute atomic E-state index is 12.8. The molecule has 0 bridgehead atoms. The molecule has 1 aromatic heterocycles. The lowest BCUT2D eigenvalue weighted by Gasteiger charge is -2.34. The summed E-state index contributed by atoms with van der Waals surface area (Å²) in [6.45, 7) is 9.06. The molecule has 4 rings (SSSR count). The van der Waals surface area contributed by atoms with Gasteiger partial charge in [0.05, 0.1) is 5.92 Å². The summed E-state index contributed by atoms with van der Waals surface area (Å²) in [6.07, 6.45) is 4.04. The largest absolute Gasteiger partial charge is 0.374 e. The number of carbonyl (C=O) groups is 2. The second kappa shape index (κ2) is 11.7. The molecule has 2 N–H and O–H groups in total. The summed E-state index contributed by atoms with van der Waals surface area (Å²) in [6, 6.07) is 9.70. The number of aryl methyl sites for hydroxylation is 1. The highest BCUT2D eigenvalue weighted by atomic mass is 16.2. The van der Waals surface area contributed by atoms with Crippen molar-refractivity contribution in [3.8, 4) is 0 Å². The number of carbonyl (C=O) groups excluding carboxylic acids is 2. The van der Waals surface area contributed by atoms with Gasteiger partial charge in [-0.15, -0.1) is 0 Å². The fourth-order valence-electron chi connectivity index (χ4n) is 5.45.